The monoisotopic (exact) mass is 481 g/mol. The zero-order chi connectivity index (χ0) is 24.7. The molecule has 0 spiro atoms. The number of rotatable bonds is 4. The van der Waals surface area contributed by atoms with Gasteiger partial charge in [0.05, 0.1) is 23.3 Å². The smallest absolute Gasteiger partial charge is 0.335 e. The number of aromatic hydroxyl groups is 1. The number of fused-ring (bicyclic) bond motifs is 1. The SMILES string of the molecule is CN1CCN(c2cc(F)cc3c2OC(C(=O)Nc2ccccc2-n2cc(O)n(C)c2=O)CC3)CC1. The summed E-state index contributed by atoms with van der Waals surface area (Å²) in [7, 11) is 3.52. The number of hydrogen-bond donors (Lipinski definition) is 2. The van der Waals surface area contributed by atoms with Gasteiger partial charge < -0.3 is 25.0 Å². The van der Waals surface area contributed by atoms with E-state index in [2.05, 4.69) is 22.2 Å². The molecule has 2 N–H and O–H groups in total. The first-order valence-corrected chi connectivity index (χ1v) is 11.6. The zero-order valence-electron chi connectivity index (χ0n) is 19.7. The summed E-state index contributed by atoms with van der Waals surface area (Å²) in [5.74, 6) is -0.300. The minimum absolute atomic E-state index is 0.188. The summed E-state index contributed by atoms with van der Waals surface area (Å²) in [4.78, 5) is 30.1. The van der Waals surface area contributed by atoms with Crippen LogP contribution in [0.2, 0.25) is 0 Å². The summed E-state index contributed by atoms with van der Waals surface area (Å²) in [6, 6.07) is 9.82. The second-order valence-electron chi connectivity index (χ2n) is 9.05. The fourth-order valence-corrected chi connectivity index (χ4v) is 4.60. The molecule has 0 aliphatic carbocycles. The first-order valence-electron chi connectivity index (χ1n) is 11.6. The van der Waals surface area contributed by atoms with E-state index in [1.807, 2.05) is 0 Å². The van der Waals surface area contributed by atoms with Crippen LogP contribution in [-0.4, -0.2) is 64.4 Å². The van der Waals surface area contributed by atoms with Crippen molar-refractivity contribution in [1.29, 1.82) is 0 Å². The Hall–Kier alpha value is -3.79. The van der Waals surface area contributed by atoms with E-state index in [1.54, 1.807) is 24.3 Å². The number of imidazole rings is 1. The van der Waals surface area contributed by atoms with Gasteiger partial charge in [0.2, 0.25) is 5.88 Å². The molecule has 3 aromatic rings. The minimum atomic E-state index is -0.770. The Morgan fingerprint density at radius 1 is 1.11 bits per heavy atom. The summed E-state index contributed by atoms with van der Waals surface area (Å²) >= 11 is 0. The number of aromatic nitrogens is 2. The van der Waals surface area contributed by atoms with Gasteiger partial charge in [-0.3, -0.25) is 13.9 Å². The number of nitrogens with zero attached hydrogens (tertiary/aromatic N) is 4. The van der Waals surface area contributed by atoms with Crippen LogP contribution in [-0.2, 0) is 18.3 Å². The van der Waals surface area contributed by atoms with Crippen molar-refractivity contribution >= 4 is 17.3 Å². The number of piperazine rings is 1. The lowest BCUT2D eigenvalue weighted by Gasteiger charge is -2.37. The van der Waals surface area contributed by atoms with Gasteiger partial charge in [-0.15, -0.1) is 0 Å². The molecule has 0 bridgehead atoms. The molecule has 2 aliphatic rings. The highest BCUT2D eigenvalue weighted by Gasteiger charge is 2.31. The number of nitrogens with one attached hydrogen (secondary N) is 1. The van der Waals surface area contributed by atoms with Gasteiger partial charge in [0.1, 0.15) is 11.6 Å². The first kappa shape index (κ1) is 23.0. The van der Waals surface area contributed by atoms with Crippen molar-refractivity contribution in [2.45, 2.75) is 18.9 Å². The average molecular weight is 482 g/mol. The summed E-state index contributed by atoms with van der Waals surface area (Å²) in [6.07, 6.45) is 1.45. The number of anilines is 2. The highest BCUT2D eigenvalue weighted by Crippen LogP contribution is 2.39. The van der Waals surface area contributed by atoms with E-state index in [0.29, 0.717) is 35.7 Å². The van der Waals surface area contributed by atoms with Crippen molar-refractivity contribution in [3.63, 3.8) is 0 Å². The number of ether oxygens (including phenoxy) is 1. The van der Waals surface area contributed by atoms with Crippen LogP contribution in [0.1, 0.15) is 12.0 Å². The molecule has 2 aliphatic heterocycles. The summed E-state index contributed by atoms with van der Waals surface area (Å²) in [5.41, 5.74) is 1.84. The molecule has 0 saturated carbocycles. The van der Waals surface area contributed by atoms with Crippen LogP contribution >= 0.6 is 0 Å². The second-order valence-corrected chi connectivity index (χ2v) is 9.05. The van der Waals surface area contributed by atoms with Crippen LogP contribution in [0, 0.1) is 5.82 Å². The van der Waals surface area contributed by atoms with E-state index < -0.39 is 11.8 Å². The maximum absolute atomic E-state index is 14.4. The molecular formula is C25H28FN5O4. The van der Waals surface area contributed by atoms with Crippen LogP contribution in [0.15, 0.2) is 47.4 Å². The second kappa shape index (κ2) is 9.10. The Labute approximate surface area is 201 Å². The molecule has 1 saturated heterocycles. The number of benzene rings is 2. The van der Waals surface area contributed by atoms with E-state index in [4.69, 9.17) is 4.74 Å². The third-order valence-electron chi connectivity index (χ3n) is 6.69. The molecular weight excluding hydrogens is 453 g/mol. The van der Waals surface area contributed by atoms with Gasteiger partial charge in [0.15, 0.2) is 6.10 Å². The number of para-hydroxylation sites is 2. The van der Waals surface area contributed by atoms with Crippen LogP contribution in [0.5, 0.6) is 11.6 Å². The molecule has 5 rings (SSSR count). The fourth-order valence-electron chi connectivity index (χ4n) is 4.60. The molecule has 35 heavy (non-hydrogen) atoms. The standard InChI is InChI=1S/C25H28FN5O4/c1-28-9-11-30(12-10-28)20-14-17(26)13-16-7-8-21(35-23(16)20)24(33)27-18-5-3-4-6-19(18)31-15-22(32)29(2)25(31)34/h3-6,13-15,21,32H,7-12H2,1-2H3,(H,27,33). The van der Waals surface area contributed by atoms with Gasteiger partial charge >= 0.3 is 5.69 Å². The van der Waals surface area contributed by atoms with E-state index >= 15 is 0 Å². The lowest BCUT2D eigenvalue weighted by molar-refractivity contribution is -0.123. The molecule has 9 nitrogen and oxygen atoms in total. The van der Waals surface area contributed by atoms with E-state index in [9.17, 15) is 19.1 Å². The van der Waals surface area contributed by atoms with Crippen molar-refractivity contribution in [3.8, 4) is 17.3 Å². The summed E-state index contributed by atoms with van der Waals surface area (Å²) in [5, 5.41) is 12.8. The van der Waals surface area contributed by atoms with Gasteiger partial charge in [0, 0.05) is 39.3 Å². The maximum Gasteiger partial charge on any atom is 0.335 e. The quantitative estimate of drug-likeness (QED) is 0.593. The maximum atomic E-state index is 14.4. The number of amides is 1. The molecule has 0 radical (unpaired) electrons. The third-order valence-corrected chi connectivity index (χ3v) is 6.69. The normalized spacial score (nSPS) is 18.1. The Morgan fingerprint density at radius 3 is 2.57 bits per heavy atom. The van der Waals surface area contributed by atoms with E-state index in [-0.39, 0.29) is 17.6 Å². The predicted molar refractivity (Wildman–Crippen MR) is 130 cm³/mol. The van der Waals surface area contributed by atoms with Gasteiger partial charge in [-0.05, 0) is 43.7 Å². The van der Waals surface area contributed by atoms with Crippen molar-refractivity contribution < 1.29 is 19.0 Å². The van der Waals surface area contributed by atoms with Crippen LogP contribution in [0.3, 0.4) is 0 Å². The number of carbonyl (C=O) groups excluding carboxylic acids is 1. The van der Waals surface area contributed by atoms with Gasteiger partial charge in [-0.2, -0.15) is 0 Å². The number of carbonyl (C=O) groups is 1. The first-order chi connectivity index (χ1) is 16.8. The van der Waals surface area contributed by atoms with Gasteiger partial charge in [-0.1, -0.05) is 12.1 Å². The Bertz CT molecular complexity index is 1330. The summed E-state index contributed by atoms with van der Waals surface area (Å²) in [6.45, 7) is 3.22. The van der Waals surface area contributed by atoms with E-state index in [1.165, 1.54) is 29.9 Å². The topological polar surface area (TPSA) is 92.0 Å². The van der Waals surface area contributed by atoms with Crippen molar-refractivity contribution in [2.75, 3.05) is 43.4 Å². The molecule has 1 amide bonds. The molecule has 184 valence electrons. The fraction of sp³-hybridized carbons (Fsp3) is 0.360. The molecule has 1 fully saturated rings. The molecule has 10 heteroatoms. The number of likely N-dealkylation sites (N-methyl/N-ethyl adjacent to an activating group) is 1. The largest absolute Gasteiger partial charge is 0.493 e. The average Bonchev–Trinajstić information content (AvgIpc) is 3.11. The Balaban J connectivity index is 1.39. The highest BCUT2D eigenvalue weighted by atomic mass is 19.1. The van der Waals surface area contributed by atoms with Crippen LogP contribution < -0.4 is 20.6 Å². The molecule has 1 atom stereocenters. The predicted octanol–water partition coefficient (Wildman–Crippen LogP) is 2.10. The number of hydrogen-bond acceptors (Lipinski definition) is 6. The lowest BCUT2D eigenvalue weighted by Crippen LogP contribution is -2.45. The van der Waals surface area contributed by atoms with Gasteiger partial charge in [-0.25, -0.2) is 9.18 Å². The van der Waals surface area contributed by atoms with Crippen molar-refractivity contribution in [2.24, 2.45) is 7.05 Å². The molecule has 2 aromatic carbocycles. The number of halogens is 1. The van der Waals surface area contributed by atoms with Gasteiger partial charge in [0.25, 0.3) is 5.91 Å². The molecule has 1 unspecified atom stereocenters. The Kier molecular flexibility index (Phi) is 5.98. The van der Waals surface area contributed by atoms with E-state index in [0.717, 1.165) is 36.3 Å². The van der Waals surface area contributed by atoms with Crippen LogP contribution in [0.25, 0.3) is 5.69 Å². The number of aryl methyl sites for hydroxylation is 1. The zero-order valence-corrected chi connectivity index (χ0v) is 19.7. The third kappa shape index (κ3) is 4.37. The summed E-state index contributed by atoms with van der Waals surface area (Å²) < 4.78 is 22.9. The molecule has 3 heterocycles. The lowest BCUT2D eigenvalue weighted by atomic mass is 9.99. The highest BCUT2D eigenvalue weighted by molar-refractivity contribution is 5.96. The molecule has 1 aromatic heterocycles. The minimum Gasteiger partial charge on any atom is -0.493 e. The van der Waals surface area contributed by atoms with Crippen molar-refractivity contribution in [3.05, 3.63) is 64.5 Å². The van der Waals surface area contributed by atoms with Crippen LogP contribution in [0.4, 0.5) is 15.8 Å². The van der Waals surface area contributed by atoms with Crippen molar-refractivity contribution in [1.82, 2.24) is 14.0 Å². The Morgan fingerprint density at radius 2 is 1.86 bits per heavy atom.